The highest BCUT2D eigenvalue weighted by Crippen LogP contribution is 2.32. The lowest BCUT2D eigenvalue weighted by Gasteiger charge is -2.37. The Labute approximate surface area is 129 Å². The molecule has 1 aliphatic carbocycles. The zero-order chi connectivity index (χ0) is 15.6. The van der Waals surface area contributed by atoms with E-state index in [-0.39, 0.29) is 34.4 Å². The number of aliphatic hydroxyl groups excluding tert-OH is 1. The van der Waals surface area contributed by atoms with Crippen LogP contribution in [-0.2, 0) is 15.8 Å². The van der Waals surface area contributed by atoms with E-state index in [1.165, 1.54) is 12.1 Å². The molecule has 0 aromatic heterocycles. The van der Waals surface area contributed by atoms with Crippen LogP contribution in [0.3, 0.4) is 0 Å². The van der Waals surface area contributed by atoms with Crippen molar-refractivity contribution in [2.75, 3.05) is 0 Å². The maximum absolute atomic E-state index is 13.2. The molecule has 1 saturated carbocycles. The predicted octanol–water partition coefficient (Wildman–Crippen LogP) is 2.45. The zero-order valence-corrected chi connectivity index (χ0v) is 13.3. The molecule has 1 atom stereocenters. The molecule has 1 aromatic carbocycles. The quantitative estimate of drug-likeness (QED) is 0.839. The average molecular weight is 336 g/mol. The van der Waals surface area contributed by atoms with Crippen LogP contribution in [0.1, 0.15) is 31.7 Å². The fraction of sp³-hybridized carbons (Fsp3) is 0.571. The van der Waals surface area contributed by atoms with Gasteiger partial charge in [-0.3, -0.25) is 0 Å². The third-order valence-electron chi connectivity index (χ3n) is 3.84. The minimum absolute atomic E-state index is 0.155. The van der Waals surface area contributed by atoms with Gasteiger partial charge in [-0.2, -0.15) is 0 Å². The Hall–Kier alpha value is -0.690. The summed E-state index contributed by atoms with van der Waals surface area (Å²) in [5.74, 6) is -0.712. The van der Waals surface area contributed by atoms with Gasteiger partial charge < -0.3 is 5.11 Å². The van der Waals surface area contributed by atoms with E-state index in [1.54, 1.807) is 0 Å². The Morgan fingerprint density at radius 3 is 2.71 bits per heavy atom. The Balaban J connectivity index is 2.05. The van der Waals surface area contributed by atoms with Crippen LogP contribution in [-0.4, -0.2) is 25.7 Å². The number of aliphatic hydroxyl groups is 1. The highest BCUT2D eigenvalue weighted by atomic mass is 35.5. The molecule has 0 saturated heterocycles. The van der Waals surface area contributed by atoms with Crippen LogP contribution in [0.25, 0.3) is 0 Å². The summed E-state index contributed by atoms with van der Waals surface area (Å²) >= 11 is 5.90. The molecule has 1 aliphatic rings. The zero-order valence-electron chi connectivity index (χ0n) is 11.7. The van der Waals surface area contributed by atoms with E-state index in [2.05, 4.69) is 4.72 Å². The van der Waals surface area contributed by atoms with Crippen molar-refractivity contribution in [3.8, 4) is 0 Å². The Morgan fingerprint density at radius 1 is 1.48 bits per heavy atom. The highest BCUT2D eigenvalue weighted by molar-refractivity contribution is 7.88. The van der Waals surface area contributed by atoms with E-state index in [0.29, 0.717) is 19.3 Å². The standard InChI is InChI=1S/C14H19ClFNO3S/c1-2-14(9-6-12(18)7-9)17-21(19,20)8-10-5-11(16)3-4-13(10)15/h3-5,9,12,14,17-18H,2,6-8H2,1H3/t9?,12?,14-/m0/s1. The first-order chi connectivity index (χ1) is 9.80. The molecule has 7 heteroatoms. The summed E-state index contributed by atoms with van der Waals surface area (Å²) in [5, 5.41) is 9.56. The molecule has 1 fully saturated rings. The van der Waals surface area contributed by atoms with Gasteiger partial charge in [-0.1, -0.05) is 18.5 Å². The minimum atomic E-state index is -3.61. The predicted molar refractivity (Wildman–Crippen MR) is 80.0 cm³/mol. The number of nitrogens with one attached hydrogen (secondary N) is 1. The van der Waals surface area contributed by atoms with Gasteiger partial charge in [-0.15, -0.1) is 0 Å². The lowest BCUT2D eigenvalue weighted by molar-refractivity contribution is 0.0277. The highest BCUT2D eigenvalue weighted by Gasteiger charge is 2.35. The lowest BCUT2D eigenvalue weighted by Crippen LogP contribution is -2.46. The maximum atomic E-state index is 13.2. The number of sulfonamides is 1. The van der Waals surface area contributed by atoms with Crippen LogP contribution < -0.4 is 4.72 Å². The monoisotopic (exact) mass is 335 g/mol. The van der Waals surface area contributed by atoms with Crippen molar-refractivity contribution in [3.63, 3.8) is 0 Å². The van der Waals surface area contributed by atoms with Crippen molar-refractivity contribution in [2.24, 2.45) is 5.92 Å². The van der Waals surface area contributed by atoms with E-state index in [9.17, 15) is 17.9 Å². The Bertz CT molecular complexity index is 602. The fourth-order valence-electron chi connectivity index (χ4n) is 2.60. The minimum Gasteiger partial charge on any atom is -0.393 e. The molecule has 4 nitrogen and oxygen atoms in total. The molecular weight excluding hydrogens is 317 g/mol. The molecule has 0 amide bonds. The van der Waals surface area contributed by atoms with Crippen molar-refractivity contribution in [1.29, 1.82) is 0 Å². The van der Waals surface area contributed by atoms with Gasteiger partial charge in [0.05, 0.1) is 11.9 Å². The largest absolute Gasteiger partial charge is 0.393 e. The van der Waals surface area contributed by atoms with Gasteiger partial charge in [-0.05, 0) is 48.9 Å². The SMILES string of the molecule is CC[C@H](NS(=O)(=O)Cc1cc(F)ccc1Cl)C1CC(O)C1. The fourth-order valence-corrected chi connectivity index (χ4v) is 4.42. The molecule has 0 radical (unpaired) electrons. The Morgan fingerprint density at radius 2 is 2.14 bits per heavy atom. The van der Waals surface area contributed by atoms with Gasteiger partial charge in [0, 0.05) is 11.1 Å². The Kier molecular flexibility index (Phi) is 5.24. The third kappa shape index (κ3) is 4.39. The molecule has 0 heterocycles. The van der Waals surface area contributed by atoms with E-state index < -0.39 is 15.8 Å². The summed E-state index contributed by atoms with van der Waals surface area (Å²) in [6, 6.07) is 3.47. The van der Waals surface area contributed by atoms with Gasteiger partial charge >= 0.3 is 0 Å². The molecule has 2 rings (SSSR count). The van der Waals surface area contributed by atoms with Crippen molar-refractivity contribution in [2.45, 2.75) is 44.1 Å². The molecule has 21 heavy (non-hydrogen) atoms. The van der Waals surface area contributed by atoms with E-state index >= 15 is 0 Å². The summed E-state index contributed by atoms with van der Waals surface area (Å²) in [5.41, 5.74) is 0.243. The first kappa shape index (κ1) is 16.7. The molecule has 118 valence electrons. The van der Waals surface area contributed by atoms with Crippen LogP contribution in [0.15, 0.2) is 18.2 Å². The summed E-state index contributed by atoms with van der Waals surface area (Å²) in [4.78, 5) is 0. The van der Waals surface area contributed by atoms with Gasteiger partial charge in [0.2, 0.25) is 10.0 Å². The van der Waals surface area contributed by atoms with Crippen molar-refractivity contribution >= 4 is 21.6 Å². The van der Waals surface area contributed by atoms with Crippen molar-refractivity contribution in [1.82, 2.24) is 4.72 Å². The summed E-state index contributed by atoms with van der Waals surface area (Å²) in [6.45, 7) is 1.90. The van der Waals surface area contributed by atoms with Crippen LogP contribution in [0.2, 0.25) is 5.02 Å². The van der Waals surface area contributed by atoms with Gasteiger partial charge in [0.1, 0.15) is 5.82 Å². The number of rotatable bonds is 6. The molecular formula is C14H19ClFNO3S. The normalized spacial score (nSPS) is 23.6. The number of benzene rings is 1. The lowest BCUT2D eigenvalue weighted by atomic mass is 9.77. The van der Waals surface area contributed by atoms with Gasteiger partial charge in [0.25, 0.3) is 0 Å². The average Bonchev–Trinajstić information content (AvgIpc) is 2.36. The van der Waals surface area contributed by atoms with Crippen LogP contribution in [0, 0.1) is 11.7 Å². The number of hydrogen-bond donors (Lipinski definition) is 2. The van der Waals surface area contributed by atoms with E-state index in [1.807, 2.05) is 6.92 Å². The van der Waals surface area contributed by atoms with Gasteiger partial charge in [-0.25, -0.2) is 17.5 Å². The smallest absolute Gasteiger partial charge is 0.216 e. The van der Waals surface area contributed by atoms with E-state index in [4.69, 9.17) is 11.6 Å². The van der Waals surface area contributed by atoms with Crippen LogP contribution in [0.4, 0.5) is 4.39 Å². The molecule has 0 unspecified atom stereocenters. The van der Waals surface area contributed by atoms with Crippen LogP contribution >= 0.6 is 11.6 Å². The van der Waals surface area contributed by atoms with Crippen molar-refractivity contribution < 1.29 is 17.9 Å². The van der Waals surface area contributed by atoms with Gasteiger partial charge in [0.15, 0.2) is 0 Å². The summed E-state index contributed by atoms with van der Waals surface area (Å²) < 4.78 is 40.2. The third-order valence-corrected chi connectivity index (χ3v) is 5.56. The molecule has 0 bridgehead atoms. The van der Waals surface area contributed by atoms with E-state index in [0.717, 1.165) is 6.07 Å². The van der Waals surface area contributed by atoms with Crippen molar-refractivity contribution in [3.05, 3.63) is 34.6 Å². The summed E-state index contributed by atoms with van der Waals surface area (Å²) in [7, 11) is -3.61. The second kappa shape index (κ2) is 6.60. The molecule has 0 aliphatic heterocycles. The first-order valence-corrected chi connectivity index (χ1v) is 8.95. The molecule has 0 spiro atoms. The molecule has 2 N–H and O–H groups in total. The number of halogens is 2. The van der Waals surface area contributed by atoms with Crippen LogP contribution in [0.5, 0.6) is 0 Å². The topological polar surface area (TPSA) is 66.4 Å². The molecule has 1 aromatic rings. The summed E-state index contributed by atoms with van der Waals surface area (Å²) in [6.07, 6.45) is 1.54. The first-order valence-electron chi connectivity index (χ1n) is 6.92. The number of hydrogen-bond acceptors (Lipinski definition) is 3. The second-order valence-electron chi connectivity index (χ2n) is 5.51. The second-order valence-corrected chi connectivity index (χ2v) is 7.67. The maximum Gasteiger partial charge on any atom is 0.216 e.